The molecule has 1 aromatic heterocycles. The number of rotatable bonds is 5. The van der Waals surface area contributed by atoms with Crippen LogP contribution in [0.2, 0.25) is 0 Å². The van der Waals surface area contributed by atoms with Gasteiger partial charge in [0.2, 0.25) is 5.91 Å². The summed E-state index contributed by atoms with van der Waals surface area (Å²) in [7, 11) is 0. The van der Waals surface area contributed by atoms with Gasteiger partial charge in [-0.15, -0.1) is 5.10 Å². The molecule has 2 aliphatic heterocycles. The van der Waals surface area contributed by atoms with E-state index in [2.05, 4.69) is 52.6 Å². The van der Waals surface area contributed by atoms with Crippen molar-refractivity contribution < 1.29 is 9.53 Å². The van der Waals surface area contributed by atoms with Gasteiger partial charge in [0.1, 0.15) is 17.5 Å². The van der Waals surface area contributed by atoms with Crippen molar-refractivity contribution in [3.05, 3.63) is 70.5 Å². The van der Waals surface area contributed by atoms with Gasteiger partial charge in [0.25, 0.3) is 0 Å². The van der Waals surface area contributed by atoms with E-state index in [0.29, 0.717) is 12.2 Å². The summed E-state index contributed by atoms with van der Waals surface area (Å²) in [5.74, 6) is 0.922. The zero-order valence-corrected chi connectivity index (χ0v) is 20.4. The summed E-state index contributed by atoms with van der Waals surface area (Å²) >= 11 is 0. The molecule has 0 radical (unpaired) electrons. The van der Waals surface area contributed by atoms with Crippen LogP contribution in [-0.4, -0.2) is 40.1 Å². The van der Waals surface area contributed by atoms with Crippen molar-refractivity contribution in [3.63, 3.8) is 0 Å². The van der Waals surface area contributed by atoms with E-state index < -0.39 is 0 Å². The standard InChI is InChI=1S/C27H30N6O2/c1-17-13-18(2)26-22(14-17)24(10-12-35-26)33-16-23(30-31-33)19(3)29-27(34)25-5-4-11-32(25)21-8-6-20(15-28)7-9-21/h6-9,13-14,16,19,24-25H,4-5,10-12H2,1-3H3,(H,29,34)/t19?,24-,25?/m1/s1. The smallest absolute Gasteiger partial charge is 0.243 e. The third kappa shape index (κ3) is 4.46. The highest BCUT2D eigenvalue weighted by Gasteiger charge is 2.32. The maximum atomic E-state index is 13.2. The minimum atomic E-state index is -0.266. The lowest BCUT2D eigenvalue weighted by Crippen LogP contribution is -2.44. The van der Waals surface area contributed by atoms with Crippen LogP contribution in [0.3, 0.4) is 0 Å². The molecular weight excluding hydrogens is 440 g/mol. The molecule has 180 valence electrons. The molecule has 1 fully saturated rings. The van der Waals surface area contributed by atoms with Gasteiger partial charge in [-0.1, -0.05) is 22.9 Å². The third-order valence-corrected chi connectivity index (χ3v) is 6.98. The molecule has 2 unspecified atom stereocenters. The van der Waals surface area contributed by atoms with Gasteiger partial charge in [-0.3, -0.25) is 4.79 Å². The van der Waals surface area contributed by atoms with E-state index in [1.54, 1.807) is 12.1 Å². The van der Waals surface area contributed by atoms with E-state index >= 15 is 0 Å². The largest absolute Gasteiger partial charge is 0.493 e. The highest BCUT2D eigenvalue weighted by Crippen LogP contribution is 2.37. The molecule has 0 spiro atoms. The Morgan fingerprint density at radius 3 is 2.80 bits per heavy atom. The average molecular weight is 471 g/mol. The zero-order chi connectivity index (χ0) is 24.5. The van der Waals surface area contributed by atoms with Crippen molar-refractivity contribution >= 4 is 11.6 Å². The molecule has 1 saturated heterocycles. The van der Waals surface area contributed by atoms with Crippen LogP contribution in [0.1, 0.15) is 66.2 Å². The van der Waals surface area contributed by atoms with Gasteiger partial charge in [-0.2, -0.15) is 5.26 Å². The van der Waals surface area contributed by atoms with Gasteiger partial charge in [0.15, 0.2) is 0 Å². The molecule has 1 N–H and O–H groups in total. The summed E-state index contributed by atoms with van der Waals surface area (Å²) in [5, 5.41) is 21.0. The first-order valence-electron chi connectivity index (χ1n) is 12.2. The molecule has 1 amide bonds. The predicted octanol–water partition coefficient (Wildman–Crippen LogP) is 3.98. The molecule has 2 aliphatic rings. The highest BCUT2D eigenvalue weighted by molar-refractivity contribution is 5.86. The van der Waals surface area contributed by atoms with Crippen LogP contribution in [0.25, 0.3) is 0 Å². The van der Waals surface area contributed by atoms with Gasteiger partial charge in [0, 0.05) is 24.2 Å². The lowest BCUT2D eigenvalue weighted by molar-refractivity contribution is -0.122. The number of hydrogen-bond acceptors (Lipinski definition) is 6. The van der Waals surface area contributed by atoms with Crippen molar-refractivity contribution in [2.24, 2.45) is 0 Å². The first kappa shape index (κ1) is 22.9. The fraction of sp³-hybridized carbons (Fsp3) is 0.407. The first-order valence-corrected chi connectivity index (χ1v) is 12.2. The molecule has 35 heavy (non-hydrogen) atoms. The second kappa shape index (κ2) is 9.41. The number of hydrogen-bond donors (Lipinski definition) is 1. The maximum absolute atomic E-state index is 13.2. The number of aromatic nitrogens is 3. The van der Waals surface area contributed by atoms with E-state index in [1.165, 1.54) is 5.56 Å². The quantitative estimate of drug-likeness (QED) is 0.606. The Bertz CT molecular complexity index is 1280. The Morgan fingerprint density at radius 2 is 2.03 bits per heavy atom. The van der Waals surface area contributed by atoms with Gasteiger partial charge in [-0.05, 0) is 63.4 Å². The van der Waals surface area contributed by atoms with E-state index in [-0.39, 0.29) is 24.0 Å². The number of amides is 1. The monoisotopic (exact) mass is 470 g/mol. The van der Waals surface area contributed by atoms with Gasteiger partial charge < -0.3 is 15.0 Å². The SMILES string of the molecule is Cc1cc(C)c2c(c1)[C@H](n1cc(C(C)NC(=O)C3CCCN3c3ccc(C#N)cc3)nn1)CCO2. The summed E-state index contributed by atoms with van der Waals surface area (Å²) < 4.78 is 7.84. The molecule has 8 nitrogen and oxygen atoms in total. The first-order chi connectivity index (χ1) is 16.9. The summed E-state index contributed by atoms with van der Waals surface area (Å²) in [5.41, 5.74) is 5.77. The summed E-state index contributed by atoms with van der Waals surface area (Å²) in [4.78, 5) is 15.3. The van der Waals surface area contributed by atoms with Crippen LogP contribution in [0.15, 0.2) is 42.6 Å². The van der Waals surface area contributed by atoms with E-state index in [1.807, 2.05) is 29.9 Å². The van der Waals surface area contributed by atoms with Crippen LogP contribution in [0.5, 0.6) is 5.75 Å². The highest BCUT2D eigenvalue weighted by atomic mass is 16.5. The average Bonchev–Trinajstić information content (AvgIpc) is 3.54. The zero-order valence-electron chi connectivity index (χ0n) is 20.4. The van der Waals surface area contributed by atoms with Crippen LogP contribution < -0.4 is 15.0 Å². The number of aryl methyl sites for hydroxylation is 2. The normalized spacial score (nSPS) is 20.0. The molecule has 3 aromatic rings. The van der Waals surface area contributed by atoms with E-state index in [0.717, 1.165) is 54.1 Å². The Hall–Kier alpha value is -3.86. The van der Waals surface area contributed by atoms with E-state index in [4.69, 9.17) is 10.00 Å². The Kier molecular flexibility index (Phi) is 6.16. The predicted molar refractivity (Wildman–Crippen MR) is 132 cm³/mol. The molecule has 0 saturated carbocycles. The molecule has 0 aliphatic carbocycles. The molecule has 3 atom stereocenters. The van der Waals surface area contributed by atoms with Crippen molar-refractivity contribution in [2.45, 2.75) is 58.2 Å². The van der Waals surface area contributed by atoms with Crippen molar-refractivity contribution in [2.75, 3.05) is 18.1 Å². The lowest BCUT2D eigenvalue weighted by atomic mass is 9.96. The molecule has 5 rings (SSSR count). The number of benzene rings is 2. The Morgan fingerprint density at radius 1 is 1.23 bits per heavy atom. The van der Waals surface area contributed by atoms with E-state index in [9.17, 15) is 4.79 Å². The minimum absolute atomic E-state index is 0.0171. The number of ether oxygens (including phenoxy) is 1. The summed E-state index contributed by atoms with van der Waals surface area (Å²) in [6, 6.07) is 13.4. The van der Waals surface area contributed by atoms with Crippen LogP contribution in [0.4, 0.5) is 5.69 Å². The van der Waals surface area contributed by atoms with Crippen LogP contribution >= 0.6 is 0 Å². The van der Waals surface area contributed by atoms with Crippen molar-refractivity contribution in [3.8, 4) is 11.8 Å². The van der Waals surface area contributed by atoms with Crippen molar-refractivity contribution in [1.82, 2.24) is 20.3 Å². The third-order valence-electron chi connectivity index (χ3n) is 6.98. The van der Waals surface area contributed by atoms with Crippen LogP contribution in [-0.2, 0) is 4.79 Å². The minimum Gasteiger partial charge on any atom is -0.493 e. The topological polar surface area (TPSA) is 96.1 Å². The summed E-state index contributed by atoms with van der Waals surface area (Å²) in [6.07, 6.45) is 4.50. The fourth-order valence-electron chi connectivity index (χ4n) is 5.24. The number of nitrogens with one attached hydrogen (secondary N) is 1. The number of nitrogens with zero attached hydrogens (tertiary/aromatic N) is 5. The van der Waals surface area contributed by atoms with Gasteiger partial charge in [-0.25, -0.2) is 4.68 Å². The Labute approximate surface area is 205 Å². The number of anilines is 1. The Balaban J connectivity index is 1.29. The fourth-order valence-corrected chi connectivity index (χ4v) is 5.24. The van der Waals surface area contributed by atoms with Crippen molar-refractivity contribution in [1.29, 1.82) is 5.26 Å². The molecule has 0 bridgehead atoms. The lowest BCUT2D eigenvalue weighted by Gasteiger charge is -2.28. The van der Waals surface area contributed by atoms with Crippen LogP contribution in [0, 0.1) is 25.2 Å². The maximum Gasteiger partial charge on any atom is 0.243 e. The number of carbonyl (C=O) groups is 1. The second-order valence-corrected chi connectivity index (χ2v) is 9.52. The number of carbonyl (C=O) groups excluding carboxylic acids is 1. The molecule has 3 heterocycles. The summed E-state index contributed by atoms with van der Waals surface area (Å²) in [6.45, 7) is 7.56. The number of nitriles is 1. The van der Waals surface area contributed by atoms with Gasteiger partial charge >= 0.3 is 0 Å². The molecular formula is C27H30N6O2. The second-order valence-electron chi connectivity index (χ2n) is 9.52. The van der Waals surface area contributed by atoms with Gasteiger partial charge in [0.05, 0.1) is 36.5 Å². The number of fused-ring (bicyclic) bond motifs is 1. The molecule has 8 heteroatoms. The molecule has 2 aromatic carbocycles.